The highest BCUT2D eigenvalue weighted by molar-refractivity contribution is 7.89. The first kappa shape index (κ1) is 21.8. The quantitative estimate of drug-likeness (QED) is 0.705. The second-order valence-corrected chi connectivity index (χ2v) is 8.86. The van der Waals surface area contributed by atoms with Gasteiger partial charge in [0.15, 0.2) is 0 Å². The number of carbonyl (C=O) groups excluding carboxylic acids is 2. The van der Waals surface area contributed by atoms with Crippen LogP contribution in [0.2, 0.25) is 0 Å². The Hall–Kier alpha value is -2.91. The Morgan fingerprint density at radius 3 is 2.30 bits per heavy atom. The molecule has 0 bridgehead atoms. The Bertz CT molecular complexity index is 1070. The SMILES string of the molecule is COC(=O)c1ccc(C)c(NC(=O)c2ccc(OC)c(S(=O)(=O)N3CCCC3)c2)c1. The van der Waals surface area contributed by atoms with Crippen molar-refractivity contribution in [1.29, 1.82) is 0 Å². The molecule has 0 atom stereocenters. The number of ether oxygens (including phenoxy) is 2. The van der Waals surface area contributed by atoms with Crippen LogP contribution in [0.25, 0.3) is 0 Å². The zero-order valence-electron chi connectivity index (χ0n) is 17.1. The summed E-state index contributed by atoms with van der Waals surface area (Å²) in [6, 6.07) is 9.10. The molecule has 0 aromatic heterocycles. The largest absolute Gasteiger partial charge is 0.495 e. The molecule has 2 aromatic carbocycles. The molecule has 1 N–H and O–H groups in total. The van der Waals surface area contributed by atoms with Crippen LogP contribution in [0.3, 0.4) is 0 Å². The summed E-state index contributed by atoms with van der Waals surface area (Å²) in [5.41, 5.74) is 1.64. The van der Waals surface area contributed by atoms with Gasteiger partial charge in [-0.05, 0) is 55.7 Å². The van der Waals surface area contributed by atoms with Gasteiger partial charge >= 0.3 is 5.97 Å². The lowest BCUT2D eigenvalue weighted by atomic mass is 10.1. The van der Waals surface area contributed by atoms with Gasteiger partial charge in [-0.25, -0.2) is 13.2 Å². The van der Waals surface area contributed by atoms with Crippen LogP contribution in [0, 0.1) is 6.92 Å². The third-order valence-electron chi connectivity index (χ3n) is 5.02. The van der Waals surface area contributed by atoms with E-state index >= 15 is 0 Å². The van der Waals surface area contributed by atoms with Gasteiger partial charge in [-0.3, -0.25) is 4.79 Å². The van der Waals surface area contributed by atoms with Crippen molar-refractivity contribution in [3.05, 3.63) is 53.1 Å². The second-order valence-electron chi connectivity index (χ2n) is 6.95. The first-order valence-electron chi connectivity index (χ1n) is 9.46. The zero-order chi connectivity index (χ0) is 21.9. The zero-order valence-corrected chi connectivity index (χ0v) is 17.9. The normalized spacial score (nSPS) is 14.4. The highest BCUT2D eigenvalue weighted by Crippen LogP contribution is 2.30. The molecule has 0 spiro atoms. The van der Waals surface area contributed by atoms with Crippen LogP contribution in [-0.2, 0) is 14.8 Å². The van der Waals surface area contributed by atoms with Crippen molar-refractivity contribution in [2.45, 2.75) is 24.7 Å². The molecule has 30 heavy (non-hydrogen) atoms. The summed E-state index contributed by atoms with van der Waals surface area (Å²) in [6.07, 6.45) is 1.61. The molecule has 2 aromatic rings. The predicted molar refractivity (Wildman–Crippen MR) is 111 cm³/mol. The molecule has 9 heteroatoms. The smallest absolute Gasteiger partial charge is 0.337 e. The van der Waals surface area contributed by atoms with Crippen molar-refractivity contribution < 1.29 is 27.5 Å². The number of benzene rings is 2. The third kappa shape index (κ3) is 4.31. The van der Waals surface area contributed by atoms with E-state index in [2.05, 4.69) is 5.32 Å². The molecule has 160 valence electrons. The third-order valence-corrected chi connectivity index (χ3v) is 6.94. The number of nitrogens with one attached hydrogen (secondary N) is 1. The molecule has 1 aliphatic rings. The lowest BCUT2D eigenvalue weighted by molar-refractivity contribution is 0.0600. The van der Waals surface area contributed by atoms with Crippen LogP contribution < -0.4 is 10.1 Å². The molecule has 8 nitrogen and oxygen atoms in total. The van der Waals surface area contributed by atoms with E-state index in [1.165, 1.54) is 42.8 Å². The summed E-state index contributed by atoms with van der Waals surface area (Å²) in [5.74, 6) is -0.836. The number of carbonyl (C=O) groups is 2. The van der Waals surface area contributed by atoms with E-state index in [0.717, 1.165) is 18.4 Å². The minimum atomic E-state index is -3.77. The minimum absolute atomic E-state index is 0.0421. The van der Waals surface area contributed by atoms with Crippen LogP contribution in [0.5, 0.6) is 5.75 Å². The first-order chi connectivity index (χ1) is 14.3. The molecule has 1 heterocycles. The fourth-order valence-electron chi connectivity index (χ4n) is 3.28. The average molecular weight is 432 g/mol. The highest BCUT2D eigenvalue weighted by atomic mass is 32.2. The van der Waals surface area contributed by atoms with Gasteiger partial charge in [0.2, 0.25) is 10.0 Å². The molecule has 1 amide bonds. The van der Waals surface area contributed by atoms with Gasteiger partial charge in [0.25, 0.3) is 5.91 Å². The van der Waals surface area contributed by atoms with E-state index in [9.17, 15) is 18.0 Å². The molecular weight excluding hydrogens is 408 g/mol. The molecule has 0 unspecified atom stereocenters. The van der Waals surface area contributed by atoms with E-state index in [4.69, 9.17) is 9.47 Å². The van der Waals surface area contributed by atoms with Gasteiger partial charge in [-0.1, -0.05) is 6.07 Å². The maximum atomic E-state index is 13.0. The standard InChI is InChI=1S/C21H24N2O6S/c1-14-6-7-16(21(25)29-3)12-17(14)22-20(24)15-8-9-18(28-2)19(13-15)30(26,27)23-10-4-5-11-23/h6-9,12-13H,4-5,10-11H2,1-3H3,(H,22,24). The number of sulfonamides is 1. The van der Waals surface area contributed by atoms with Crippen LogP contribution in [0.4, 0.5) is 5.69 Å². The minimum Gasteiger partial charge on any atom is -0.495 e. The van der Waals surface area contributed by atoms with Crippen LogP contribution >= 0.6 is 0 Å². The molecular formula is C21H24N2O6S. The number of aryl methyl sites for hydroxylation is 1. The van der Waals surface area contributed by atoms with E-state index in [-0.39, 0.29) is 16.2 Å². The Morgan fingerprint density at radius 1 is 1.00 bits per heavy atom. The number of rotatable bonds is 6. The Morgan fingerprint density at radius 2 is 1.67 bits per heavy atom. The fraction of sp³-hybridized carbons (Fsp3) is 0.333. The Labute approximate surface area is 175 Å². The molecule has 1 aliphatic heterocycles. The highest BCUT2D eigenvalue weighted by Gasteiger charge is 2.30. The van der Waals surface area contributed by atoms with Gasteiger partial charge in [0, 0.05) is 24.3 Å². The van der Waals surface area contributed by atoms with E-state index in [0.29, 0.717) is 24.3 Å². The summed E-state index contributed by atoms with van der Waals surface area (Å²) >= 11 is 0. The molecule has 0 aliphatic carbocycles. The van der Waals surface area contributed by atoms with E-state index in [1.54, 1.807) is 19.1 Å². The summed E-state index contributed by atoms with van der Waals surface area (Å²) in [6.45, 7) is 2.68. The summed E-state index contributed by atoms with van der Waals surface area (Å²) in [4.78, 5) is 24.6. The first-order valence-corrected chi connectivity index (χ1v) is 10.9. The number of methoxy groups -OCH3 is 2. The summed E-state index contributed by atoms with van der Waals surface area (Å²) in [5, 5.41) is 2.74. The topological polar surface area (TPSA) is 102 Å². The van der Waals surface area contributed by atoms with Crippen molar-refractivity contribution in [2.24, 2.45) is 0 Å². The van der Waals surface area contributed by atoms with Crippen LogP contribution in [0.1, 0.15) is 39.1 Å². The van der Waals surface area contributed by atoms with Crippen molar-refractivity contribution in [3.63, 3.8) is 0 Å². The molecule has 0 radical (unpaired) electrons. The van der Waals surface area contributed by atoms with Gasteiger partial charge in [-0.2, -0.15) is 4.31 Å². The van der Waals surface area contributed by atoms with E-state index in [1.807, 2.05) is 0 Å². The lowest BCUT2D eigenvalue weighted by Gasteiger charge is -2.18. The summed E-state index contributed by atoms with van der Waals surface area (Å²) in [7, 11) is -1.11. The average Bonchev–Trinajstić information content (AvgIpc) is 3.30. The number of esters is 1. The maximum absolute atomic E-state index is 13.0. The van der Waals surface area contributed by atoms with Crippen LogP contribution in [0.15, 0.2) is 41.3 Å². The molecule has 1 saturated heterocycles. The Balaban J connectivity index is 1.93. The van der Waals surface area contributed by atoms with Crippen molar-refractivity contribution in [3.8, 4) is 5.75 Å². The van der Waals surface area contributed by atoms with Crippen LogP contribution in [-0.4, -0.2) is 51.9 Å². The lowest BCUT2D eigenvalue weighted by Crippen LogP contribution is -2.28. The number of nitrogens with zero attached hydrogens (tertiary/aromatic N) is 1. The maximum Gasteiger partial charge on any atom is 0.337 e. The number of anilines is 1. The second kappa shape index (κ2) is 8.85. The van der Waals surface area contributed by atoms with Crippen molar-refractivity contribution in [1.82, 2.24) is 4.31 Å². The van der Waals surface area contributed by atoms with Gasteiger partial charge in [0.05, 0.1) is 19.8 Å². The molecule has 0 saturated carbocycles. The van der Waals surface area contributed by atoms with Crippen molar-refractivity contribution in [2.75, 3.05) is 32.6 Å². The number of hydrogen-bond donors (Lipinski definition) is 1. The van der Waals surface area contributed by atoms with Gasteiger partial charge < -0.3 is 14.8 Å². The summed E-state index contributed by atoms with van der Waals surface area (Å²) < 4.78 is 37.4. The number of hydrogen-bond acceptors (Lipinski definition) is 6. The van der Waals surface area contributed by atoms with E-state index < -0.39 is 21.9 Å². The Kier molecular flexibility index (Phi) is 6.42. The van der Waals surface area contributed by atoms with Gasteiger partial charge in [0.1, 0.15) is 10.6 Å². The fourth-order valence-corrected chi connectivity index (χ4v) is 4.98. The van der Waals surface area contributed by atoms with Crippen molar-refractivity contribution >= 4 is 27.6 Å². The van der Waals surface area contributed by atoms with Gasteiger partial charge in [-0.15, -0.1) is 0 Å². The molecule has 1 fully saturated rings. The molecule has 3 rings (SSSR count). The number of amides is 1. The monoisotopic (exact) mass is 432 g/mol. The predicted octanol–water partition coefficient (Wildman–Crippen LogP) is 2.83.